The summed E-state index contributed by atoms with van der Waals surface area (Å²) in [7, 11) is 0. The molecule has 1 aliphatic heterocycles. The predicted molar refractivity (Wildman–Crippen MR) is 138 cm³/mol. The number of carbonyl (C=O) groups excluding carboxylic acids is 1. The lowest BCUT2D eigenvalue weighted by molar-refractivity contribution is -0.116. The molecule has 1 N–H and O–H groups in total. The number of benzene rings is 1. The van der Waals surface area contributed by atoms with Crippen molar-refractivity contribution in [3.05, 3.63) is 29.8 Å². The fraction of sp³-hybridized carbons (Fsp3) is 0.692. The van der Waals surface area contributed by atoms with E-state index >= 15 is 0 Å². The molecule has 0 radical (unpaired) electrons. The van der Waals surface area contributed by atoms with E-state index < -0.39 is 0 Å². The normalized spacial score (nSPS) is 34.2. The Morgan fingerprint density at radius 3 is 2.25 bits per heavy atom. The lowest BCUT2D eigenvalue weighted by Gasteiger charge is -2.55. The van der Waals surface area contributed by atoms with Crippen LogP contribution in [0.15, 0.2) is 29.3 Å². The summed E-state index contributed by atoms with van der Waals surface area (Å²) in [5.74, 6) is 4.34. The number of amides is 1. The average molecular weight is 476 g/mol. The van der Waals surface area contributed by atoms with Crippen LogP contribution in [0.1, 0.15) is 77.2 Å². The summed E-state index contributed by atoms with van der Waals surface area (Å²) in [4.78, 5) is 20.6. The molecule has 32 heavy (non-hydrogen) atoms. The van der Waals surface area contributed by atoms with E-state index in [0.717, 1.165) is 35.7 Å². The summed E-state index contributed by atoms with van der Waals surface area (Å²) in [6.07, 6.45) is 8.81. The van der Waals surface area contributed by atoms with Crippen LogP contribution in [0.4, 0.5) is 5.69 Å². The zero-order valence-corrected chi connectivity index (χ0v) is 21.3. The number of nitrogens with zero attached hydrogens (tertiary/aromatic N) is 2. The van der Waals surface area contributed by atoms with E-state index in [9.17, 15) is 4.79 Å². The number of hydrogen-bond acceptors (Lipinski definition) is 3. The summed E-state index contributed by atoms with van der Waals surface area (Å²) in [5, 5.41) is 4.32. The summed E-state index contributed by atoms with van der Waals surface area (Å²) in [6.45, 7) is 7.51. The first-order valence-corrected chi connectivity index (χ1v) is 13.3. The van der Waals surface area contributed by atoms with Crippen molar-refractivity contribution in [3.8, 4) is 0 Å². The first-order valence-electron chi connectivity index (χ1n) is 12.3. The smallest absolute Gasteiger partial charge is 0.226 e. The lowest BCUT2D eigenvalue weighted by atomic mass is 9.53. The monoisotopic (exact) mass is 475 g/mol. The average Bonchev–Trinajstić information content (AvgIpc) is 3.07. The molecular weight excluding hydrogens is 438 g/mol. The van der Waals surface area contributed by atoms with Gasteiger partial charge in [-0.3, -0.25) is 9.79 Å². The van der Waals surface area contributed by atoms with Gasteiger partial charge in [0.15, 0.2) is 5.17 Å². The van der Waals surface area contributed by atoms with Crippen molar-refractivity contribution in [3.63, 3.8) is 0 Å². The van der Waals surface area contributed by atoms with E-state index in [4.69, 9.17) is 4.99 Å². The summed E-state index contributed by atoms with van der Waals surface area (Å²) < 4.78 is 0. The largest absolute Gasteiger partial charge is 0.347 e. The van der Waals surface area contributed by atoms with Crippen LogP contribution in [0.2, 0.25) is 0 Å². The highest BCUT2D eigenvalue weighted by molar-refractivity contribution is 8.14. The van der Waals surface area contributed by atoms with Gasteiger partial charge in [-0.25, -0.2) is 0 Å². The molecule has 1 unspecified atom stereocenters. The van der Waals surface area contributed by atoms with Crippen LogP contribution in [-0.2, 0) is 4.79 Å². The van der Waals surface area contributed by atoms with Crippen molar-refractivity contribution >= 4 is 40.9 Å². The fourth-order valence-corrected chi connectivity index (χ4v) is 8.28. The molecule has 1 amide bonds. The van der Waals surface area contributed by atoms with Gasteiger partial charge in [-0.2, -0.15) is 0 Å². The zero-order valence-electron chi connectivity index (χ0n) is 19.7. The van der Waals surface area contributed by atoms with Gasteiger partial charge in [-0.15, -0.1) is 12.4 Å². The maximum Gasteiger partial charge on any atom is 0.226 e. The molecule has 4 saturated carbocycles. The van der Waals surface area contributed by atoms with E-state index in [0.29, 0.717) is 12.3 Å². The molecule has 1 aromatic carbocycles. The molecule has 5 aliphatic rings. The third-order valence-corrected chi connectivity index (χ3v) is 9.19. The van der Waals surface area contributed by atoms with Gasteiger partial charge < -0.3 is 10.2 Å². The molecule has 4 nitrogen and oxygen atoms in total. The summed E-state index contributed by atoms with van der Waals surface area (Å²) in [5.41, 5.74) is 2.40. The number of amidine groups is 1. The third kappa shape index (κ3) is 4.84. The SMILES string of the molecule is CCN1C(=NC23CC4CC(CC(C4)C2)C3)SCC1CC(=O)Nc1ccc(C(C)C)cc1.Cl. The van der Waals surface area contributed by atoms with Crippen molar-refractivity contribution in [2.45, 2.75) is 83.2 Å². The van der Waals surface area contributed by atoms with Crippen molar-refractivity contribution in [1.82, 2.24) is 4.90 Å². The molecular formula is C26H38ClN3OS. The Labute approximate surface area is 203 Å². The van der Waals surface area contributed by atoms with Gasteiger partial charge in [-0.05, 0) is 86.8 Å². The molecule has 6 heteroatoms. The van der Waals surface area contributed by atoms with E-state index in [2.05, 4.69) is 43.1 Å². The number of hydrogen-bond donors (Lipinski definition) is 1. The molecule has 4 bridgehead atoms. The van der Waals surface area contributed by atoms with Crippen LogP contribution in [0, 0.1) is 17.8 Å². The number of thioether (sulfide) groups is 1. The molecule has 4 aliphatic carbocycles. The zero-order chi connectivity index (χ0) is 21.6. The molecule has 1 aromatic rings. The van der Waals surface area contributed by atoms with Crippen molar-refractivity contribution in [2.75, 3.05) is 17.6 Å². The highest BCUT2D eigenvalue weighted by Gasteiger charge is 2.51. The maximum atomic E-state index is 12.8. The van der Waals surface area contributed by atoms with Gasteiger partial charge in [0.25, 0.3) is 0 Å². The minimum atomic E-state index is 0. The second kappa shape index (κ2) is 9.58. The van der Waals surface area contributed by atoms with Gasteiger partial charge >= 0.3 is 0 Å². The highest BCUT2D eigenvalue weighted by atomic mass is 35.5. The Balaban J connectivity index is 0.00000245. The fourth-order valence-electron chi connectivity index (χ4n) is 6.94. The lowest BCUT2D eigenvalue weighted by Crippen LogP contribution is -2.50. The number of nitrogens with one attached hydrogen (secondary N) is 1. The van der Waals surface area contributed by atoms with Gasteiger partial charge in [0.2, 0.25) is 5.91 Å². The Kier molecular flexibility index (Phi) is 7.17. The Morgan fingerprint density at radius 2 is 1.72 bits per heavy atom. The number of carbonyl (C=O) groups is 1. The van der Waals surface area contributed by atoms with Crippen LogP contribution < -0.4 is 5.32 Å². The first kappa shape index (κ1) is 23.9. The summed E-state index contributed by atoms with van der Waals surface area (Å²) in [6, 6.07) is 8.51. The number of halogens is 1. The Hall–Kier alpha value is -1.20. The quantitative estimate of drug-likeness (QED) is 0.523. The predicted octanol–water partition coefficient (Wildman–Crippen LogP) is 6.32. The first-order chi connectivity index (χ1) is 14.9. The topological polar surface area (TPSA) is 44.7 Å². The molecule has 176 valence electrons. The highest BCUT2D eigenvalue weighted by Crippen LogP contribution is 2.57. The van der Waals surface area contributed by atoms with Crippen LogP contribution in [0.5, 0.6) is 0 Å². The third-order valence-electron chi connectivity index (χ3n) is 8.05. The van der Waals surface area contributed by atoms with E-state index in [1.807, 2.05) is 23.9 Å². The molecule has 0 aromatic heterocycles. The van der Waals surface area contributed by atoms with Crippen molar-refractivity contribution in [1.29, 1.82) is 0 Å². The molecule has 1 saturated heterocycles. The van der Waals surface area contributed by atoms with Gasteiger partial charge in [0, 0.05) is 30.4 Å². The maximum absolute atomic E-state index is 12.8. The van der Waals surface area contributed by atoms with Crippen LogP contribution in [0.25, 0.3) is 0 Å². The minimum absolute atomic E-state index is 0. The Bertz CT molecular complexity index is 818. The van der Waals surface area contributed by atoms with Crippen molar-refractivity contribution in [2.24, 2.45) is 22.7 Å². The second-order valence-corrected chi connectivity index (χ2v) is 11.8. The standard InChI is InChI=1S/C26H37N3OS.ClH/c1-4-29-23(12-24(30)27-22-7-5-21(6-8-22)17(2)3)16-31-25(29)28-26-13-18-9-19(14-26)11-20(10-18)15-26;/h5-8,17-20,23H,4,9-16H2,1-3H3,(H,27,30);1H. The van der Waals surface area contributed by atoms with E-state index in [-0.39, 0.29) is 29.9 Å². The molecule has 1 atom stereocenters. The van der Waals surface area contributed by atoms with Crippen LogP contribution in [-0.4, -0.2) is 39.9 Å². The second-order valence-electron chi connectivity index (χ2n) is 10.8. The van der Waals surface area contributed by atoms with Crippen LogP contribution in [0.3, 0.4) is 0 Å². The molecule has 5 fully saturated rings. The van der Waals surface area contributed by atoms with Gasteiger partial charge in [-0.1, -0.05) is 37.7 Å². The minimum Gasteiger partial charge on any atom is -0.347 e. The number of anilines is 1. The molecule has 1 heterocycles. The summed E-state index contributed by atoms with van der Waals surface area (Å²) >= 11 is 1.88. The Morgan fingerprint density at radius 1 is 1.12 bits per heavy atom. The molecule has 6 rings (SSSR count). The van der Waals surface area contributed by atoms with Crippen molar-refractivity contribution < 1.29 is 4.79 Å². The van der Waals surface area contributed by atoms with Gasteiger partial charge in [0.1, 0.15) is 0 Å². The number of rotatable bonds is 6. The van der Waals surface area contributed by atoms with Crippen LogP contribution >= 0.6 is 24.2 Å². The van der Waals surface area contributed by atoms with Gasteiger partial charge in [0.05, 0.1) is 5.54 Å². The van der Waals surface area contributed by atoms with E-state index in [1.165, 1.54) is 49.3 Å². The number of aliphatic imine (C=N–C) groups is 1. The van der Waals surface area contributed by atoms with E-state index in [1.54, 1.807) is 0 Å². The molecule has 0 spiro atoms.